The van der Waals surface area contributed by atoms with Crippen molar-refractivity contribution in [2.75, 3.05) is 6.54 Å². The molecule has 0 fully saturated rings. The number of benzene rings is 1. The number of para-hydroxylation sites is 1. The molecule has 0 saturated heterocycles. The molecule has 0 bridgehead atoms. The molecule has 17 heavy (non-hydrogen) atoms. The molecule has 2 nitrogen and oxygen atoms in total. The molecule has 1 N–H and O–H groups in total. The lowest BCUT2D eigenvalue weighted by atomic mass is 10.1. The fourth-order valence-electron chi connectivity index (χ4n) is 2.03. The van der Waals surface area contributed by atoms with E-state index in [9.17, 15) is 0 Å². The van der Waals surface area contributed by atoms with E-state index in [1.807, 2.05) is 0 Å². The van der Waals surface area contributed by atoms with Gasteiger partial charge in [0.15, 0.2) is 0 Å². The topological polar surface area (TPSA) is 25.2 Å². The average Bonchev–Trinajstić information content (AvgIpc) is 2.70. The third-order valence-electron chi connectivity index (χ3n) is 2.91. The second-order valence-electron chi connectivity index (χ2n) is 4.93. The van der Waals surface area contributed by atoms with Crippen molar-refractivity contribution in [3.63, 3.8) is 0 Å². The molecule has 0 radical (unpaired) electrons. The lowest BCUT2D eigenvalue weighted by Gasteiger charge is -2.04. The van der Waals surface area contributed by atoms with Crippen LogP contribution in [0.4, 0.5) is 0 Å². The van der Waals surface area contributed by atoms with Crippen LogP contribution in [0.5, 0.6) is 0 Å². The second-order valence-corrected chi connectivity index (χ2v) is 4.93. The SMILES string of the molecule is CCc1cccc2cc(CNCC(C)C)oc12. The third kappa shape index (κ3) is 2.89. The molecule has 0 aliphatic carbocycles. The van der Waals surface area contributed by atoms with Gasteiger partial charge in [-0.3, -0.25) is 0 Å². The molecule has 0 aliphatic rings. The molecule has 1 aromatic carbocycles. The summed E-state index contributed by atoms with van der Waals surface area (Å²) >= 11 is 0. The van der Waals surface area contributed by atoms with Crippen molar-refractivity contribution >= 4 is 11.0 Å². The predicted octanol–water partition coefficient (Wildman–Crippen LogP) is 3.74. The van der Waals surface area contributed by atoms with E-state index < -0.39 is 0 Å². The van der Waals surface area contributed by atoms with E-state index in [0.717, 1.165) is 30.9 Å². The number of nitrogens with one attached hydrogen (secondary N) is 1. The standard InChI is InChI=1S/C15H21NO/c1-4-12-6-5-7-13-8-14(17-15(12)13)10-16-9-11(2)3/h5-8,11,16H,4,9-10H2,1-3H3. The van der Waals surface area contributed by atoms with Gasteiger partial charge in [0.1, 0.15) is 11.3 Å². The van der Waals surface area contributed by atoms with Crippen LogP contribution in [0.3, 0.4) is 0 Å². The van der Waals surface area contributed by atoms with Crippen molar-refractivity contribution in [2.45, 2.75) is 33.7 Å². The van der Waals surface area contributed by atoms with Gasteiger partial charge in [0.2, 0.25) is 0 Å². The first kappa shape index (κ1) is 12.2. The van der Waals surface area contributed by atoms with Crippen molar-refractivity contribution in [3.05, 3.63) is 35.6 Å². The highest BCUT2D eigenvalue weighted by Crippen LogP contribution is 2.23. The highest BCUT2D eigenvalue weighted by atomic mass is 16.3. The summed E-state index contributed by atoms with van der Waals surface area (Å²) in [6, 6.07) is 8.49. The maximum Gasteiger partial charge on any atom is 0.137 e. The maximum atomic E-state index is 5.91. The normalized spacial score (nSPS) is 11.5. The summed E-state index contributed by atoms with van der Waals surface area (Å²) in [6.45, 7) is 8.42. The predicted molar refractivity (Wildman–Crippen MR) is 72.1 cm³/mol. The molecule has 0 amide bonds. The summed E-state index contributed by atoms with van der Waals surface area (Å²) < 4.78 is 5.91. The van der Waals surface area contributed by atoms with Crippen LogP contribution in [0.2, 0.25) is 0 Å². The van der Waals surface area contributed by atoms with Crippen molar-refractivity contribution in [2.24, 2.45) is 5.92 Å². The first-order chi connectivity index (χ1) is 8.20. The minimum Gasteiger partial charge on any atom is -0.459 e. The Morgan fingerprint density at radius 3 is 2.82 bits per heavy atom. The largest absolute Gasteiger partial charge is 0.459 e. The number of fused-ring (bicyclic) bond motifs is 1. The van der Waals surface area contributed by atoms with Crippen LogP contribution in [0.25, 0.3) is 11.0 Å². The van der Waals surface area contributed by atoms with Crippen LogP contribution >= 0.6 is 0 Å². The van der Waals surface area contributed by atoms with Crippen molar-refractivity contribution in [3.8, 4) is 0 Å². The molecule has 2 heteroatoms. The maximum absolute atomic E-state index is 5.91. The summed E-state index contributed by atoms with van der Waals surface area (Å²) in [5.41, 5.74) is 2.34. The zero-order chi connectivity index (χ0) is 12.3. The molecule has 1 heterocycles. The Balaban J connectivity index is 2.14. The van der Waals surface area contributed by atoms with Crippen molar-refractivity contribution in [1.29, 1.82) is 0 Å². The molecule has 0 unspecified atom stereocenters. The number of hydrogen-bond acceptors (Lipinski definition) is 2. The zero-order valence-corrected chi connectivity index (χ0v) is 10.9. The molecular weight excluding hydrogens is 210 g/mol. The van der Waals surface area contributed by atoms with Gasteiger partial charge in [-0.05, 0) is 30.5 Å². The Kier molecular flexibility index (Phi) is 3.85. The molecule has 92 valence electrons. The molecular formula is C15H21NO. The monoisotopic (exact) mass is 231 g/mol. The fourth-order valence-corrected chi connectivity index (χ4v) is 2.03. The fraction of sp³-hybridized carbons (Fsp3) is 0.467. The Morgan fingerprint density at radius 2 is 2.12 bits per heavy atom. The quantitative estimate of drug-likeness (QED) is 0.848. The van der Waals surface area contributed by atoms with E-state index >= 15 is 0 Å². The number of hydrogen-bond donors (Lipinski definition) is 1. The Bertz CT molecular complexity index is 485. The van der Waals surface area contributed by atoms with Gasteiger partial charge in [-0.2, -0.15) is 0 Å². The minimum absolute atomic E-state index is 0.672. The van der Waals surface area contributed by atoms with E-state index in [0.29, 0.717) is 5.92 Å². The minimum atomic E-state index is 0.672. The van der Waals surface area contributed by atoms with Gasteiger partial charge in [-0.15, -0.1) is 0 Å². The first-order valence-corrected chi connectivity index (χ1v) is 6.41. The summed E-state index contributed by atoms with van der Waals surface area (Å²) in [6.07, 6.45) is 1.02. The van der Waals surface area contributed by atoms with Gasteiger partial charge in [-0.1, -0.05) is 39.0 Å². The molecule has 0 saturated carbocycles. The highest BCUT2D eigenvalue weighted by Gasteiger charge is 2.06. The Hall–Kier alpha value is -1.28. The van der Waals surface area contributed by atoms with E-state index in [-0.39, 0.29) is 0 Å². The second kappa shape index (κ2) is 5.37. The number of furan rings is 1. The van der Waals surface area contributed by atoms with Crippen molar-refractivity contribution < 1.29 is 4.42 Å². The van der Waals surface area contributed by atoms with E-state index in [1.54, 1.807) is 0 Å². The zero-order valence-electron chi connectivity index (χ0n) is 10.9. The highest BCUT2D eigenvalue weighted by molar-refractivity contribution is 5.81. The molecule has 0 atom stereocenters. The van der Waals surface area contributed by atoms with Gasteiger partial charge in [0.25, 0.3) is 0 Å². The Morgan fingerprint density at radius 1 is 1.29 bits per heavy atom. The lowest BCUT2D eigenvalue weighted by molar-refractivity contribution is 0.484. The lowest BCUT2D eigenvalue weighted by Crippen LogP contribution is -2.18. The van der Waals surface area contributed by atoms with Gasteiger partial charge >= 0.3 is 0 Å². The number of rotatable bonds is 5. The summed E-state index contributed by atoms with van der Waals surface area (Å²) in [7, 11) is 0. The summed E-state index contributed by atoms with van der Waals surface area (Å²) in [5.74, 6) is 1.70. The van der Waals surface area contributed by atoms with E-state index in [2.05, 4.69) is 50.4 Å². The first-order valence-electron chi connectivity index (χ1n) is 6.41. The van der Waals surface area contributed by atoms with Crippen LogP contribution in [0, 0.1) is 5.92 Å². The average molecular weight is 231 g/mol. The van der Waals surface area contributed by atoms with Crippen LogP contribution in [0.15, 0.2) is 28.7 Å². The van der Waals surface area contributed by atoms with Crippen LogP contribution in [-0.4, -0.2) is 6.54 Å². The molecule has 0 aliphatic heterocycles. The smallest absolute Gasteiger partial charge is 0.137 e. The van der Waals surface area contributed by atoms with Crippen LogP contribution in [0.1, 0.15) is 32.1 Å². The third-order valence-corrected chi connectivity index (χ3v) is 2.91. The number of aryl methyl sites for hydroxylation is 1. The summed E-state index contributed by atoms with van der Waals surface area (Å²) in [4.78, 5) is 0. The van der Waals surface area contributed by atoms with Gasteiger partial charge in [-0.25, -0.2) is 0 Å². The van der Waals surface area contributed by atoms with Crippen LogP contribution in [-0.2, 0) is 13.0 Å². The van der Waals surface area contributed by atoms with E-state index in [4.69, 9.17) is 4.42 Å². The molecule has 1 aromatic heterocycles. The van der Waals surface area contributed by atoms with Crippen molar-refractivity contribution in [1.82, 2.24) is 5.32 Å². The van der Waals surface area contributed by atoms with E-state index in [1.165, 1.54) is 10.9 Å². The van der Waals surface area contributed by atoms with Crippen LogP contribution < -0.4 is 5.32 Å². The van der Waals surface area contributed by atoms with Gasteiger partial charge in [0, 0.05) is 5.39 Å². The van der Waals surface area contributed by atoms with Gasteiger partial charge < -0.3 is 9.73 Å². The molecule has 2 rings (SSSR count). The Labute approximate surface area is 103 Å². The summed E-state index contributed by atoms with van der Waals surface area (Å²) in [5, 5.41) is 4.62. The molecule has 0 spiro atoms. The van der Waals surface area contributed by atoms with Gasteiger partial charge in [0.05, 0.1) is 6.54 Å². The molecule has 2 aromatic rings.